The van der Waals surface area contributed by atoms with Crippen molar-refractivity contribution in [3.63, 3.8) is 0 Å². The standard InChI is InChI=1S/C27H40O6/c1-19(2)33-27(31)12-7-5-4-6-11-23-24(26(30)18-25(23)29)16-15-21(28)14-13-20-9-8-10-22(17-20)32-3/h4,6,8-10,15-17,19,21,23-26,28-30H,5,7,11-14,18H2,1-3H3/b6-4-,16-15+/t21?,23-,24-,25?,26?/m1/s1. The molecule has 0 aromatic heterocycles. The molecule has 2 rings (SSSR count). The minimum absolute atomic E-state index is 0.0892. The maximum absolute atomic E-state index is 11.6. The summed E-state index contributed by atoms with van der Waals surface area (Å²) in [5.41, 5.74) is 1.10. The first kappa shape index (κ1) is 27.1. The Labute approximate surface area is 197 Å². The van der Waals surface area contributed by atoms with Crippen LogP contribution in [0.3, 0.4) is 0 Å². The van der Waals surface area contributed by atoms with Gasteiger partial charge < -0.3 is 24.8 Å². The molecule has 1 aliphatic carbocycles. The number of unbranched alkanes of at least 4 members (excludes halogenated alkanes) is 1. The van der Waals surface area contributed by atoms with Gasteiger partial charge in [0.05, 0.1) is 31.5 Å². The summed E-state index contributed by atoms with van der Waals surface area (Å²) < 4.78 is 10.4. The number of methoxy groups -OCH3 is 1. The van der Waals surface area contributed by atoms with Gasteiger partial charge in [0.25, 0.3) is 0 Å². The van der Waals surface area contributed by atoms with Gasteiger partial charge in [-0.15, -0.1) is 0 Å². The fourth-order valence-corrected chi connectivity index (χ4v) is 4.26. The van der Waals surface area contributed by atoms with Gasteiger partial charge in [0.1, 0.15) is 5.75 Å². The van der Waals surface area contributed by atoms with Crippen molar-refractivity contribution in [3.05, 3.63) is 54.1 Å². The summed E-state index contributed by atoms with van der Waals surface area (Å²) in [6.07, 6.45) is 9.88. The molecule has 1 aromatic rings. The van der Waals surface area contributed by atoms with Gasteiger partial charge in [-0.2, -0.15) is 0 Å². The molecule has 3 unspecified atom stereocenters. The van der Waals surface area contributed by atoms with E-state index >= 15 is 0 Å². The van der Waals surface area contributed by atoms with Crippen LogP contribution in [0.2, 0.25) is 0 Å². The van der Waals surface area contributed by atoms with Crippen LogP contribution in [0.4, 0.5) is 0 Å². The molecule has 1 saturated carbocycles. The lowest BCUT2D eigenvalue weighted by Crippen LogP contribution is -2.20. The number of carbonyl (C=O) groups is 1. The van der Waals surface area contributed by atoms with Crippen molar-refractivity contribution in [3.8, 4) is 5.75 Å². The smallest absolute Gasteiger partial charge is 0.306 e. The highest BCUT2D eigenvalue weighted by Gasteiger charge is 2.39. The molecule has 0 bridgehead atoms. The Balaban J connectivity index is 1.79. The largest absolute Gasteiger partial charge is 0.497 e. The molecular formula is C27H40O6. The minimum Gasteiger partial charge on any atom is -0.497 e. The number of allylic oxidation sites excluding steroid dienone is 2. The van der Waals surface area contributed by atoms with Crippen LogP contribution in [0.15, 0.2) is 48.6 Å². The van der Waals surface area contributed by atoms with Crippen LogP contribution in [0.1, 0.15) is 57.9 Å². The zero-order valence-corrected chi connectivity index (χ0v) is 20.1. The molecule has 1 fully saturated rings. The van der Waals surface area contributed by atoms with Crippen molar-refractivity contribution in [1.82, 2.24) is 0 Å². The third kappa shape index (κ3) is 9.70. The lowest BCUT2D eigenvalue weighted by Gasteiger charge is -2.19. The third-order valence-electron chi connectivity index (χ3n) is 6.03. The van der Waals surface area contributed by atoms with Gasteiger partial charge in [-0.25, -0.2) is 0 Å². The first-order valence-corrected chi connectivity index (χ1v) is 12.0. The summed E-state index contributed by atoms with van der Waals surface area (Å²) in [4.78, 5) is 11.6. The number of benzene rings is 1. The van der Waals surface area contributed by atoms with E-state index in [-0.39, 0.29) is 23.9 Å². The summed E-state index contributed by atoms with van der Waals surface area (Å²) in [5.74, 6) is 0.330. The van der Waals surface area contributed by atoms with Gasteiger partial charge in [0, 0.05) is 18.8 Å². The van der Waals surface area contributed by atoms with Gasteiger partial charge in [0.15, 0.2) is 0 Å². The third-order valence-corrected chi connectivity index (χ3v) is 6.03. The molecular weight excluding hydrogens is 420 g/mol. The summed E-state index contributed by atoms with van der Waals surface area (Å²) in [6.45, 7) is 3.67. The lowest BCUT2D eigenvalue weighted by molar-refractivity contribution is -0.147. The number of aryl methyl sites for hydroxylation is 1. The number of ether oxygens (including phenoxy) is 2. The Morgan fingerprint density at radius 3 is 2.73 bits per heavy atom. The number of aliphatic hydroxyl groups excluding tert-OH is 3. The number of esters is 1. The highest BCUT2D eigenvalue weighted by atomic mass is 16.5. The zero-order chi connectivity index (χ0) is 24.2. The van der Waals surface area contributed by atoms with Crippen LogP contribution in [0.5, 0.6) is 5.75 Å². The van der Waals surface area contributed by atoms with Crippen molar-refractivity contribution in [2.24, 2.45) is 11.8 Å². The molecule has 0 radical (unpaired) electrons. The fraction of sp³-hybridized carbons (Fsp3) is 0.593. The van der Waals surface area contributed by atoms with Gasteiger partial charge in [-0.1, -0.05) is 36.4 Å². The Bertz CT molecular complexity index is 772. The van der Waals surface area contributed by atoms with Crippen molar-refractivity contribution in [2.45, 2.75) is 83.2 Å². The van der Waals surface area contributed by atoms with E-state index in [1.54, 1.807) is 13.2 Å². The second-order valence-corrected chi connectivity index (χ2v) is 9.09. The number of carbonyl (C=O) groups excluding carboxylic acids is 1. The molecule has 184 valence electrons. The zero-order valence-electron chi connectivity index (χ0n) is 20.1. The van der Waals surface area contributed by atoms with E-state index in [2.05, 4.69) is 0 Å². The van der Waals surface area contributed by atoms with Crippen LogP contribution in [-0.4, -0.2) is 52.8 Å². The van der Waals surface area contributed by atoms with Gasteiger partial charge in [-0.05, 0) is 69.6 Å². The highest BCUT2D eigenvalue weighted by Crippen LogP contribution is 2.36. The molecule has 0 amide bonds. The molecule has 3 N–H and O–H groups in total. The molecule has 6 nitrogen and oxygen atoms in total. The minimum atomic E-state index is -0.622. The Morgan fingerprint density at radius 2 is 2.00 bits per heavy atom. The predicted molar refractivity (Wildman–Crippen MR) is 129 cm³/mol. The van der Waals surface area contributed by atoms with Gasteiger partial charge in [0.2, 0.25) is 0 Å². The van der Waals surface area contributed by atoms with Crippen LogP contribution in [0, 0.1) is 11.8 Å². The van der Waals surface area contributed by atoms with Crippen molar-refractivity contribution in [2.75, 3.05) is 7.11 Å². The second-order valence-electron chi connectivity index (χ2n) is 9.09. The van der Waals surface area contributed by atoms with E-state index in [0.717, 1.165) is 30.6 Å². The predicted octanol–water partition coefficient (Wildman–Crippen LogP) is 3.97. The SMILES string of the molecule is COc1cccc(CCC(O)/C=C/[C@H]2C(O)CC(O)[C@@H]2C/C=C\CCCC(=O)OC(C)C)c1. The molecule has 0 aliphatic heterocycles. The summed E-state index contributed by atoms with van der Waals surface area (Å²) in [6, 6.07) is 7.79. The quantitative estimate of drug-likeness (QED) is 0.234. The maximum atomic E-state index is 11.6. The molecule has 0 spiro atoms. The molecule has 0 heterocycles. The Hall–Kier alpha value is -2.15. The van der Waals surface area contributed by atoms with E-state index < -0.39 is 18.3 Å². The Kier molecular flexibility index (Phi) is 11.6. The first-order chi connectivity index (χ1) is 15.8. The molecule has 33 heavy (non-hydrogen) atoms. The average Bonchev–Trinajstić information content (AvgIpc) is 3.04. The maximum Gasteiger partial charge on any atom is 0.306 e. The molecule has 5 atom stereocenters. The van der Waals surface area contributed by atoms with E-state index in [4.69, 9.17) is 9.47 Å². The van der Waals surface area contributed by atoms with E-state index in [0.29, 0.717) is 25.7 Å². The number of rotatable bonds is 13. The number of aliphatic hydroxyl groups is 3. The summed E-state index contributed by atoms with van der Waals surface area (Å²) >= 11 is 0. The summed E-state index contributed by atoms with van der Waals surface area (Å²) in [5, 5.41) is 31.2. The topological polar surface area (TPSA) is 96.2 Å². The fourth-order valence-electron chi connectivity index (χ4n) is 4.26. The van der Waals surface area contributed by atoms with Crippen molar-refractivity contribution < 1.29 is 29.6 Å². The lowest BCUT2D eigenvalue weighted by atomic mass is 9.89. The normalized spacial score (nSPS) is 24.1. The molecule has 6 heteroatoms. The van der Waals surface area contributed by atoms with Crippen molar-refractivity contribution in [1.29, 1.82) is 0 Å². The summed E-state index contributed by atoms with van der Waals surface area (Å²) in [7, 11) is 1.63. The Morgan fingerprint density at radius 1 is 1.21 bits per heavy atom. The van der Waals surface area contributed by atoms with Crippen molar-refractivity contribution >= 4 is 5.97 Å². The highest BCUT2D eigenvalue weighted by molar-refractivity contribution is 5.69. The number of hydrogen-bond acceptors (Lipinski definition) is 6. The first-order valence-electron chi connectivity index (χ1n) is 12.0. The van der Waals surface area contributed by atoms with Crippen LogP contribution < -0.4 is 4.74 Å². The van der Waals surface area contributed by atoms with Gasteiger partial charge in [-0.3, -0.25) is 4.79 Å². The van der Waals surface area contributed by atoms with Crippen LogP contribution in [0.25, 0.3) is 0 Å². The van der Waals surface area contributed by atoms with Crippen LogP contribution in [-0.2, 0) is 16.0 Å². The van der Waals surface area contributed by atoms with Crippen LogP contribution >= 0.6 is 0 Å². The molecule has 1 aromatic carbocycles. The molecule has 0 saturated heterocycles. The second kappa shape index (κ2) is 14.2. The monoisotopic (exact) mass is 460 g/mol. The number of hydrogen-bond donors (Lipinski definition) is 3. The van der Waals surface area contributed by atoms with E-state index in [1.165, 1.54) is 0 Å². The average molecular weight is 461 g/mol. The molecule has 1 aliphatic rings. The van der Waals surface area contributed by atoms with E-state index in [1.807, 2.05) is 56.3 Å². The van der Waals surface area contributed by atoms with Gasteiger partial charge >= 0.3 is 5.97 Å². The van der Waals surface area contributed by atoms with E-state index in [9.17, 15) is 20.1 Å².